The first-order chi connectivity index (χ1) is 10.1. The van der Waals surface area contributed by atoms with Crippen LogP contribution in [0, 0.1) is 0 Å². The molecule has 7 heteroatoms. The lowest BCUT2D eigenvalue weighted by Gasteiger charge is -2.27. The molecule has 2 N–H and O–H groups in total. The lowest BCUT2D eigenvalue weighted by molar-refractivity contribution is 0.0690. The predicted octanol–water partition coefficient (Wildman–Crippen LogP) is 2.43. The summed E-state index contributed by atoms with van der Waals surface area (Å²) in [5.41, 5.74) is 1.63. The Morgan fingerprint density at radius 2 is 2.19 bits per heavy atom. The summed E-state index contributed by atoms with van der Waals surface area (Å²) in [5.74, 6) is -1.09. The van der Waals surface area contributed by atoms with E-state index >= 15 is 0 Å². The van der Waals surface area contributed by atoms with E-state index in [9.17, 15) is 9.59 Å². The standard InChI is InChI=1S/C14H13N3O3S/c18-13(19)11-2-1-10(7-15-11)16-14(20)17-5-3-12-9(8-17)4-6-21-12/h1-2,4,6-7H,3,5,8H2,(H,16,20)(H,18,19). The topological polar surface area (TPSA) is 82.5 Å². The van der Waals surface area contributed by atoms with E-state index in [1.54, 1.807) is 16.2 Å². The molecule has 3 heterocycles. The van der Waals surface area contributed by atoms with Crippen LogP contribution in [-0.2, 0) is 13.0 Å². The Morgan fingerprint density at radius 1 is 1.33 bits per heavy atom. The number of amides is 2. The molecule has 0 radical (unpaired) electrons. The molecule has 0 bridgehead atoms. The van der Waals surface area contributed by atoms with E-state index < -0.39 is 5.97 Å². The number of carbonyl (C=O) groups is 2. The molecule has 2 aromatic heterocycles. The minimum Gasteiger partial charge on any atom is -0.477 e. The van der Waals surface area contributed by atoms with Crippen molar-refractivity contribution in [3.05, 3.63) is 45.9 Å². The Bertz CT molecular complexity index is 681. The summed E-state index contributed by atoms with van der Waals surface area (Å²) in [6.07, 6.45) is 2.22. The van der Waals surface area contributed by atoms with Crippen LogP contribution in [0.15, 0.2) is 29.8 Å². The van der Waals surface area contributed by atoms with Gasteiger partial charge in [0, 0.05) is 18.0 Å². The lowest BCUT2D eigenvalue weighted by atomic mass is 10.1. The van der Waals surface area contributed by atoms with Crippen molar-refractivity contribution in [2.24, 2.45) is 0 Å². The maximum absolute atomic E-state index is 12.2. The number of aromatic nitrogens is 1. The van der Waals surface area contributed by atoms with Crippen LogP contribution in [0.2, 0.25) is 0 Å². The van der Waals surface area contributed by atoms with E-state index in [2.05, 4.69) is 10.3 Å². The molecule has 1 aliphatic heterocycles. The van der Waals surface area contributed by atoms with Crippen molar-refractivity contribution in [2.75, 3.05) is 11.9 Å². The van der Waals surface area contributed by atoms with Gasteiger partial charge in [-0.25, -0.2) is 14.6 Å². The molecule has 0 unspecified atom stereocenters. The van der Waals surface area contributed by atoms with Crippen molar-refractivity contribution in [2.45, 2.75) is 13.0 Å². The fraction of sp³-hybridized carbons (Fsp3) is 0.214. The van der Waals surface area contributed by atoms with Crippen LogP contribution in [0.1, 0.15) is 20.9 Å². The van der Waals surface area contributed by atoms with Crippen LogP contribution < -0.4 is 5.32 Å². The van der Waals surface area contributed by atoms with Crippen LogP contribution in [0.5, 0.6) is 0 Å². The summed E-state index contributed by atoms with van der Waals surface area (Å²) in [6, 6.07) is 4.75. The molecule has 108 valence electrons. The van der Waals surface area contributed by atoms with Crippen LogP contribution in [-0.4, -0.2) is 33.5 Å². The van der Waals surface area contributed by atoms with Crippen LogP contribution >= 0.6 is 11.3 Å². The van der Waals surface area contributed by atoms with E-state index in [0.29, 0.717) is 18.8 Å². The van der Waals surface area contributed by atoms with E-state index in [1.807, 2.05) is 11.4 Å². The maximum atomic E-state index is 12.2. The number of thiophene rings is 1. The number of nitrogens with one attached hydrogen (secondary N) is 1. The van der Waals surface area contributed by atoms with E-state index in [4.69, 9.17) is 5.11 Å². The Labute approximate surface area is 125 Å². The highest BCUT2D eigenvalue weighted by Gasteiger charge is 2.21. The van der Waals surface area contributed by atoms with Crippen molar-refractivity contribution < 1.29 is 14.7 Å². The highest BCUT2D eigenvalue weighted by Crippen LogP contribution is 2.24. The second kappa shape index (κ2) is 5.53. The first-order valence-electron chi connectivity index (χ1n) is 6.44. The monoisotopic (exact) mass is 303 g/mol. The fourth-order valence-corrected chi connectivity index (χ4v) is 3.11. The second-order valence-electron chi connectivity index (χ2n) is 4.71. The largest absolute Gasteiger partial charge is 0.477 e. The number of carboxylic acids is 1. The first-order valence-corrected chi connectivity index (χ1v) is 7.32. The lowest BCUT2D eigenvalue weighted by Crippen LogP contribution is -2.38. The number of rotatable bonds is 2. The van der Waals surface area contributed by atoms with Crippen molar-refractivity contribution in [3.63, 3.8) is 0 Å². The number of urea groups is 1. The van der Waals surface area contributed by atoms with Gasteiger partial charge in [-0.1, -0.05) is 0 Å². The van der Waals surface area contributed by atoms with Gasteiger partial charge in [0.1, 0.15) is 5.69 Å². The van der Waals surface area contributed by atoms with E-state index in [-0.39, 0.29) is 11.7 Å². The molecule has 2 amide bonds. The smallest absolute Gasteiger partial charge is 0.354 e. The third-order valence-electron chi connectivity index (χ3n) is 3.33. The summed E-state index contributed by atoms with van der Waals surface area (Å²) >= 11 is 1.72. The zero-order valence-corrected chi connectivity index (χ0v) is 11.9. The minimum atomic E-state index is -1.09. The molecule has 3 rings (SSSR count). The van der Waals surface area contributed by atoms with Gasteiger partial charge in [0.25, 0.3) is 0 Å². The highest BCUT2D eigenvalue weighted by molar-refractivity contribution is 7.10. The normalized spacial score (nSPS) is 13.6. The summed E-state index contributed by atoms with van der Waals surface area (Å²) in [4.78, 5) is 29.8. The number of aromatic carboxylic acids is 1. The molecule has 6 nitrogen and oxygen atoms in total. The van der Waals surface area contributed by atoms with Gasteiger partial charge in [0.15, 0.2) is 0 Å². The Morgan fingerprint density at radius 3 is 2.90 bits per heavy atom. The Balaban J connectivity index is 1.65. The fourth-order valence-electron chi connectivity index (χ4n) is 2.22. The van der Waals surface area contributed by atoms with Gasteiger partial charge in [-0.05, 0) is 35.6 Å². The number of hydrogen-bond donors (Lipinski definition) is 2. The zero-order valence-electron chi connectivity index (χ0n) is 11.1. The minimum absolute atomic E-state index is 0.0473. The van der Waals surface area contributed by atoms with Gasteiger partial charge in [-0.15, -0.1) is 11.3 Å². The summed E-state index contributed by atoms with van der Waals surface area (Å²) < 4.78 is 0. The van der Waals surface area contributed by atoms with Gasteiger partial charge >= 0.3 is 12.0 Å². The van der Waals surface area contributed by atoms with E-state index in [1.165, 1.54) is 28.8 Å². The summed E-state index contributed by atoms with van der Waals surface area (Å²) in [5, 5.41) is 13.6. The number of pyridine rings is 1. The number of carbonyl (C=O) groups excluding carboxylic acids is 1. The van der Waals surface area contributed by atoms with Gasteiger partial charge in [-0.3, -0.25) is 0 Å². The summed E-state index contributed by atoms with van der Waals surface area (Å²) in [7, 11) is 0. The van der Waals surface area contributed by atoms with Crippen LogP contribution in [0.4, 0.5) is 10.5 Å². The number of nitrogens with zero attached hydrogens (tertiary/aromatic N) is 2. The number of anilines is 1. The molecular formula is C14H13N3O3S. The number of carboxylic acid groups (broad SMARTS) is 1. The number of hydrogen-bond acceptors (Lipinski definition) is 4. The third kappa shape index (κ3) is 2.87. The quantitative estimate of drug-likeness (QED) is 0.892. The van der Waals surface area contributed by atoms with Crippen molar-refractivity contribution in [3.8, 4) is 0 Å². The average molecular weight is 303 g/mol. The van der Waals surface area contributed by atoms with Gasteiger partial charge < -0.3 is 15.3 Å². The Hall–Kier alpha value is -2.41. The first kappa shape index (κ1) is 13.6. The van der Waals surface area contributed by atoms with Crippen LogP contribution in [0.3, 0.4) is 0 Å². The van der Waals surface area contributed by atoms with Crippen molar-refractivity contribution in [1.29, 1.82) is 0 Å². The van der Waals surface area contributed by atoms with E-state index in [0.717, 1.165) is 6.42 Å². The van der Waals surface area contributed by atoms with Crippen molar-refractivity contribution >= 4 is 29.0 Å². The number of fused-ring (bicyclic) bond motifs is 1. The molecule has 0 spiro atoms. The van der Waals surface area contributed by atoms with Gasteiger partial charge in [0.05, 0.1) is 11.9 Å². The SMILES string of the molecule is O=C(O)c1ccc(NC(=O)N2CCc3sccc3C2)cn1. The average Bonchev–Trinajstić information content (AvgIpc) is 2.95. The van der Waals surface area contributed by atoms with Gasteiger partial charge in [-0.2, -0.15) is 0 Å². The molecule has 0 aromatic carbocycles. The molecular weight excluding hydrogens is 290 g/mol. The van der Waals surface area contributed by atoms with Crippen molar-refractivity contribution in [1.82, 2.24) is 9.88 Å². The molecule has 1 aliphatic rings. The molecule has 0 aliphatic carbocycles. The molecule has 0 fully saturated rings. The molecule has 0 saturated carbocycles. The van der Waals surface area contributed by atoms with Gasteiger partial charge in [0.2, 0.25) is 0 Å². The highest BCUT2D eigenvalue weighted by atomic mass is 32.1. The molecule has 0 atom stereocenters. The predicted molar refractivity (Wildman–Crippen MR) is 78.6 cm³/mol. The Kier molecular flexibility index (Phi) is 3.57. The summed E-state index contributed by atoms with van der Waals surface area (Å²) in [6.45, 7) is 1.28. The second-order valence-corrected chi connectivity index (χ2v) is 5.71. The van der Waals surface area contributed by atoms with Crippen LogP contribution in [0.25, 0.3) is 0 Å². The maximum Gasteiger partial charge on any atom is 0.354 e. The molecule has 2 aromatic rings. The molecule has 0 saturated heterocycles. The third-order valence-corrected chi connectivity index (χ3v) is 4.35. The zero-order chi connectivity index (χ0) is 14.8. The molecule has 21 heavy (non-hydrogen) atoms.